The molecule has 4 rings (SSSR count). The van der Waals surface area contributed by atoms with Crippen LogP contribution in [-0.4, -0.2) is 68.2 Å². The van der Waals surface area contributed by atoms with Crippen LogP contribution >= 0.6 is 0 Å². The van der Waals surface area contributed by atoms with Crippen molar-refractivity contribution in [3.8, 4) is 5.75 Å². The van der Waals surface area contributed by atoms with Gasteiger partial charge in [-0.1, -0.05) is 18.2 Å². The normalized spacial score (nSPS) is 19.9. The molecule has 2 aromatic rings. The van der Waals surface area contributed by atoms with Crippen LogP contribution in [0.2, 0.25) is 0 Å². The predicted octanol–water partition coefficient (Wildman–Crippen LogP) is 2.64. The lowest BCUT2D eigenvalue weighted by atomic mass is 9.78. The molecule has 1 heterocycles. The summed E-state index contributed by atoms with van der Waals surface area (Å²) in [5.74, 6) is 1.59. The van der Waals surface area contributed by atoms with E-state index in [1.54, 1.807) is 7.11 Å². The molecular formula is C25H29N3O3. The Morgan fingerprint density at radius 2 is 2.03 bits per heavy atom. The fourth-order valence-corrected chi connectivity index (χ4v) is 4.86. The first-order chi connectivity index (χ1) is 15.1. The number of aliphatic hydroxyl groups excluding tert-OH is 1. The standard InChI is InChI=1S/C25H29N3O3/c1-28(13-15-30)17-25(12-14-29)11-10-20-21(4-3-5-22(20)25)24-26-16-23(27-24)18-6-8-19(31-2)9-7-18/h3-9,14,30H,10-13,15-17H2,1-2H3. The number of aliphatic imine (C=N–C) groups is 2. The van der Waals surface area contributed by atoms with E-state index in [9.17, 15) is 9.90 Å². The average Bonchev–Trinajstić information content (AvgIpc) is 3.40. The molecule has 6 nitrogen and oxygen atoms in total. The number of nitrogens with zero attached hydrogens (tertiary/aromatic N) is 3. The Morgan fingerprint density at radius 3 is 2.74 bits per heavy atom. The third-order valence-corrected chi connectivity index (χ3v) is 6.41. The first-order valence-corrected chi connectivity index (χ1v) is 10.7. The van der Waals surface area contributed by atoms with E-state index in [-0.39, 0.29) is 12.0 Å². The van der Waals surface area contributed by atoms with Gasteiger partial charge in [-0.25, -0.2) is 4.99 Å². The first kappa shape index (κ1) is 21.4. The number of rotatable bonds is 9. The molecule has 0 radical (unpaired) electrons. The second kappa shape index (κ2) is 9.12. The summed E-state index contributed by atoms with van der Waals surface area (Å²) in [6.07, 6.45) is 3.32. The summed E-state index contributed by atoms with van der Waals surface area (Å²) in [5, 5.41) is 9.31. The minimum absolute atomic E-state index is 0.111. The number of aldehydes is 1. The molecule has 1 aliphatic heterocycles. The lowest BCUT2D eigenvalue weighted by molar-refractivity contribution is -0.109. The Morgan fingerprint density at radius 1 is 1.23 bits per heavy atom. The molecule has 0 saturated heterocycles. The molecule has 162 valence electrons. The van der Waals surface area contributed by atoms with Crippen molar-refractivity contribution >= 4 is 17.8 Å². The average molecular weight is 420 g/mol. The van der Waals surface area contributed by atoms with E-state index in [2.05, 4.69) is 23.1 Å². The lowest BCUT2D eigenvalue weighted by Crippen LogP contribution is -2.39. The molecule has 1 atom stereocenters. The Kier molecular flexibility index (Phi) is 6.30. The van der Waals surface area contributed by atoms with E-state index >= 15 is 0 Å². The number of carbonyl (C=O) groups is 1. The zero-order valence-electron chi connectivity index (χ0n) is 18.2. The molecule has 31 heavy (non-hydrogen) atoms. The number of benzene rings is 2. The highest BCUT2D eigenvalue weighted by atomic mass is 16.5. The van der Waals surface area contributed by atoms with Gasteiger partial charge >= 0.3 is 0 Å². The van der Waals surface area contributed by atoms with Gasteiger partial charge in [-0.15, -0.1) is 0 Å². The number of fused-ring (bicyclic) bond motifs is 1. The van der Waals surface area contributed by atoms with E-state index in [1.807, 2.05) is 31.3 Å². The van der Waals surface area contributed by atoms with Gasteiger partial charge in [-0.3, -0.25) is 4.99 Å². The van der Waals surface area contributed by atoms with Crippen molar-refractivity contribution in [3.05, 3.63) is 64.7 Å². The Bertz CT molecular complexity index is 1010. The van der Waals surface area contributed by atoms with Crippen LogP contribution < -0.4 is 4.74 Å². The highest BCUT2D eigenvalue weighted by Crippen LogP contribution is 2.43. The molecule has 0 aromatic heterocycles. The van der Waals surface area contributed by atoms with Crippen LogP contribution in [-0.2, 0) is 16.6 Å². The van der Waals surface area contributed by atoms with Gasteiger partial charge < -0.3 is 19.5 Å². The van der Waals surface area contributed by atoms with Gasteiger partial charge in [0.2, 0.25) is 0 Å². The maximum atomic E-state index is 11.6. The molecule has 0 bridgehead atoms. The zero-order valence-corrected chi connectivity index (χ0v) is 18.2. The van der Waals surface area contributed by atoms with Crippen LogP contribution in [0.15, 0.2) is 52.4 Å². The zero-order chi connectivity index (χ0) is 21.8. The molecule has 0 amide bonds. The summed E-state index contributed by atoms with van der Waals surface area (Å²) in [6, 6.07) is 14.2. The molecule has 6 heteroatoms. The van der Waals surface area contributed by atoms with Crippen molar-refractivity contribution in [3.63, 3.8) is 0 Å². The molecule has 0 spiro atoms. The fourth-order valence-electron chi connectivity index (χ4n) is 4.86. The summed E-state index contributed by atoms with van der Waals surface area (Å²) >= 11 is 0. The van der Waals surface area contributed by atoms with Gasteiger partial charge in [-0.05, 0) is 60.8 Å². The van der Waals surface area contributed by atoms with E-state index in [1.165, 1.54) is 11.1 Å². The quantitative estimate of drug-likeness (QED) is 0.634. The molecule has 0 saturated carbocycles. The van der Waals surface area contributed by atoms with E-state index < -0.39 is 0 Å². The van der Waals surface area contributed by atoms with Gasteiger partial charge in [0.25, 0.3) is 0 Å². The number of amidine groups is 1. The SMILES string of the molecule is COc1ccc(C2=NC(c3cccc4c3CCC4(CC=O)CN(C)CCO)=NC2)cc1. The lowest BCUT2D eigenvalue weighted by Gasteiger charge is -2.33. The van der Waals surface area contributed by atoms with Crippen molar-refractivity contribution in [2.24, 2.45) is 9.98 Å². The van der Waals surface area contributed by atoms with Gasteiger partial charge in [0, 0.05) is 30.5 Å². The van der Waals surface area contributed by atoms with E-state index in [0.29, 0.717) is 19.5 Å². The highest BCUT2D eigenvalue weighted by molar-refractivity contribution is 6.17. The minimum Gasteiger partial charge on any atom is -0.497 e. The van der Waals surface area contributed by atoms with Crippen LogP contribution in [0.3, 0.4) is 0 Å². The molecule has 1 N–H and O–H groups in total. The molecule has 2 aromatic carbocycles. The fraction of sp³-hybridized carbons (Fsp3) is 0.400. The first-order valence-electron chi connectivity index (χ1n) is 10.7. The second-order valence-corrected chi connectivity index (χ2v) is 8.37. The van der Waals surface area contributed by atoms with Gasteiger partial charge in [0.05, 0.1) is 26.0 Å². The Labute approximate surface area is 183 Å². The molecule has 1 unspecified atom stereocenters. The molecular weight excluding hydrogens is 390 g/mol. The summed E-state index contributed by atoms with van der Waals surface area (Å²) < 4.78 is 5.24. The number of aliphatic hydroxyl groups is 1. The second-order valence-electron chi connectivity index (χ2n) is 8.37. The number of carbonyl (C=O) groups excluding carboxylic acids is 1. The number of methoxy groups -OCH3 is 1. The van der Waals surface area contributed by atoms with Crippen molar-refractivity contribution in [2.45, 2.75) is 24.7 Å². The smallest absolute Gasteiger partial charge is 0.155 e. The number of hydrogen-bond acceptors (Lipinski definition) is 6. The number of ether oxygens (including phenoxy) is 1. The third kappa shape index (κ3) is 4.18. The topological polar surface area (TPSA) is 74.5 Å². The van der Waals surface area contributed by atoms with Crippen molar-refractivity contribution in [1.82, 2.24) is 4.90 Å². The monoisotopic (exact) mass is 419 g/mol. The van der Waals surface area contributed by atoms with E-state index in [0.717, 1.165) is 54.1 Å². The number of likely N-dealkylation sites (N-methyl/N-ethyl adjacent to an activating group) is 1. The molecule has 1 aliphatic carbocycles. The summed E-state index contributed by atoms with van der Waals surface area (Å²) in [5.41, 5.74) is 5.32. The largest absolute Gasteiger partial charge is 0.497 e. The summed E-state index contributed by atoms with van der Waals surface area (Å²) in [6.45, 7) is 2.01. The highest BCUT2D eigenvalue weighted by Gasteiger charge is 2.40. The molecule has 0 fully saturated rings. The predicted molar refractivity (Wildman–Crippen MR) is 123 cm³/mol. The van der Waals surface area contributed by atoms with Crippen LogP contribution in [0, 0.1) is 0 Å². The third-order valence-electron chi connectivity index (χ3n) is 6.41. The number of hydrogen-bond donors (Lipinski definition) is 1. The van der Waals surface area contributed by atoms with Crippen molar-refractivity contribution in [1.29, 1.82) is 0 Å². The maximum Gasteiger partial charge on any atom is 0.155 e. The van der Waals surface area contributed by atoms with Crippen molar-refractivity contribution < 1.29 is 14.6 Å². The van der Waals surface area contributed by atoms with Gasteiger partial charge in [0.1, 0.15) is 12.0 Å². The minimum atomic E-state index is -0.224. The summed E-state index contributed by atoms with van der Waals surface area (Å²) in [4.78, 5) is 23.3. The Balaban J connectivity index is 1.64. The van der Waals surface area contributed by atoms with Crippen LogP contribution in [0.1, 0.15) is 35.1 Å². The summed E-state index contributed by atoms with van der Waals surface area (Å²) in [7, 11) is 3.66. The van der Waals surface area contributed by atoms with Crippen LogP contribution in [0.4, 0.5) is 0 Å². The Hall–Kier alpha value is -2.83. The van der Waals surface area contributed by atoms with Gasteiger partial charge in [0.15, 0.2) is 5.84 Å². The molecule has 2 aliphatic rings. The van der Waals surface area contributed by atoms with Gasteiger partial charge in [-0.2, -0.15) is 0 Å². The maximum absolute atomic E-state index is 11.6. The van der Waals surface area contributed by atoms with Crippen LogP contribution in [0.25, 0.3) is 0 Å². The van der Waals surface area contributed by atoms with Crippen LogP contribution in [0.5, 0.6) is 5.75 Å². The van der Waals surface area contributed by atoms with E-state index in [4.69, 9.17) is 14.7 Å². The van der Waals surface area contributed by atoms with Crippen molar-refractivity contribution in [2.75, 3.05) is 40.4 Å².